The first-order valence-corrected chi connectivity index (χ1v) is 21.4. The predicted molar refractivity (Wildman–Crippen MR) is 230 cm³/mol. The van der Waals surface area contributed by atoms with Gasteiger partial charge in [0.2, 0.25) is 5.91 Å². The average Bonchev–Trinajstić information content (AvgIpc) is 3.81. The van der Waals surface area contributed by atoms with Gasteiger partial charge in [-0.15, -0.1) is 11.6 Å². The van der Waals surface area contributed by atoms with Gasteiger partial charge in [0.15, 0.2) is 24.6 Å². The van der Waals surface area contributed by atoms with Gasteiger partial charge in [0.05, 0.1) is 43.3 Å². The summed E-state index contributed by atoms with van der Waals surface area (Å²) >= 11 is 12.5. The number of amides is 2. The molecule has 2 amide bonds. The summed E-state index contributed by atoms with van der Waals surface area (Å²) in [5.74, 6) is -3.84. The second-order valence-corrected chi connectivity index (χ2v) is 16.5. The summed E-state index contributed by atoms with van der Waals surface area (Å²) < 4.78 is 39.5. The highest BCUT2D eigenvalue weighted by Crippen LogP contribution is 2.35. The predicted octanol–water partition coefficient (Wildman–Crippen LogP) is 1.30. The minimum Gasteiger partial charge on any atom is -0.507 e. The molecule has 5 aliphatic heterocycles. The van der Waals surface area contributed by atoms with Crippen LogP contribution in [0.25, 0.3) is 0 Å². The number of nitrogens with zero attached hydrogens (tertiary/aromatic N) is 1. The Kier molecular flexibility index (Phi) is 19.3. The smallest absolute Gasteiger partial charge is 0.264 e. The van der Waals surface area contributed by atoms with Gasteiger partial charge in [0.25, 0.3) is 5.91 Å². The van der Waals surface area contributed by atoms with E-state index in [0.717, 1.165) is 17.4 Å². The normalized spacial score (nSPS) is 39.0. The third kappa shape index (κ3) is 12.9. The summed E-state index contributed by atoms with van der Waals surface area (Å²) in [6, 6.07) is -1.63. The van der Waals surface area contributed by atoms with Gasteiger partial charge in [-0.05, 0) is 38.5 Å². The van der Waals surface area contributed by atoms with E-state index in [1.165, 1.54) is 19.3 Å². The SMILES string of the molecule is CO[C@@H]1[C@H](O[C@@H]2CO[C@@H](O[C@@H]3[C@@H](O)[C@H](O)CO[C@H]3N3C(=O)\C(=C(O)/C=C/C=C/C=C/C=C/C=C(Cl)/C=C/C=C\C=C\[C@@H]4O[C@H](C)C[C@@H]4Cl)C(=O)[C@@H]3CC(N)=O)[C@@H](O)[C@@H]2O)O[C@H](C)[C@H]1O. The molecule has 5 heterocycles. The van der Waals surface area contributed by atoms with Crippen LogP contribution in [0.2, 0.25) is 0 Å². The molecule has 0 radical (unpaired) electrons. The van der Waals surface area contributed by atoms with E-state index in [0.29, 0.717) is 5.03 Å². The Hall–Kier alpha value is -3.83. The maximum absolute atomic E-state index is 13.9. The molecule has 64 heavy (non-hydrogen) atoms. The van der Waals surface area contributed by atoms with Crippen LogP contribution in [-0.4, -0.2) is 171 Å². The quantitative estimate of drug-likeness (QED) is 0.0356. The van der Waals surface area contributed by atoms with Gasteiger partial charge in [0.1, 0.15) is 66.2 Å². The van der Waals surface area contributed by atoms with Crippen molar-refractivity contribution in [1.82, 2.24) is 4.90 Å². The van der Waals surface area contributed by atoms with Crippen molar-refractivity contribution in [3.63, 3.8) is 0 Å². The number of aliphatic hydroxyl groups is 6. The molecule has 0 saturated carbocycles. The van der Waals surface area contributed by atoms with Crippen molar-refractivity contribution in [2.75, 3.05) is 20.3 Å². The number of primary amides is 1. The van der Waals surface area contributed by atoms with Crippen molar-refractivity contribution < 1.29 is 78.2 Å². The highest BCUT2D eigenvalue weighted by atomic mass is 35.5. The molecule has 0 aromatic heterocycles. The molecule has 5 rings (SSSR count). The second kappa shape index (κ2) is 24.1. The fourth-order valence-electron chi connectivity index (χ4n) is 7.47. The molecule has 5 saturated heterocycles. The maximum Gasteiger partial charge on any atom is 0.264 e. The fourth-order valence-corrected chi connectivity index (χ4v) is 8.01. The number of carbonyl (C=O) groups is 3. The molecule has 5 aliphatic rings. The van der Waals surface area contributed by atoms with Crippen molar-refractivity contribution >= 4 is 40.8 Å². The molecule has 0 aromatic carbocycles. The number of Topliss-reactive ketones (excluding diaryl/α,β-unsaturated/α-hetero) is 1. The molecule has 0 aromatic rings. The van der Waals surface area contributed by atoms with Crippen LogP contribution in [0.3, 0.4) is 0 Å². The lowest BCUT2D eigenvalue weighted by Gasteiger charge is -2.46. The van der Waals surface area contributed by atoms with Gasteiger partial charge in [-0.1, -0.05) is 84.5 Å². The molecule has 352 valence electrons. The number of ketones is 1. The van der Waals surface area contributed by atoms with Crippen LogP contribution in [0, 0.1) is 0 Å². The lowest BCUT2D eigenvalue weighted by Crippen LogP contribution is -2.65. The fraction of sp³-hybridized carbons (Fsp3) is 0.523. The third-order valence-corrected chi connectivity index (χ3v) is 11.5. The van der Waals surface area contributed by atoms with E-state index in [-0.39, 0.29) is 17.6 Å². The molecule has 0 unspecified atom stereocenters. The zero-order chi connectivity index (χ0) is 46.7. The van der Waals surface area contributed by atoms with Gasteiger partial charge in [-0.25, -0.2) is 0 Å². The van der Waals surface area contributed by atoms with Crippen LogP contribution in [0.15, 0.2) is 108 Å². The van der Waals surface area contributed by atoms with Crippen LogP contribution < -0.4 is 5.73 Å². The van der Waals surface area contributed by atoms with Crippen molar-refractivity contribution in [3.05, 3.63) is 108 Å². The first kappa shape index (κ1) is 51.2. The number of alkyl halides is 1. The number of nitrogens with two attached hydrogens (primary N) is 1. The number of halogens is 2. The third-order valence-electron chi connectivity index (χ3n) is 10.8. The molecular weight excluding hydrogens is 883 g/mol. The number of aliphatic hydroxyl groups excluding tert-OH is 6. The summed E-state index contributed by atoms with van der Waals surface area (Å²) in [6.45, 7) is 2.62. The van der Waals surface area contributed by atoms with Crippen LogP contribution >= 0.6 is 23.2 Å². The monoisotopic (exact) mass is 938 g/mol. The Balaban J connectivity index is 1.20. The molecular formula is C44H56Cl2N2O16. The molecule has 18 nitrogen and oxygen atoms in total. The number of likely N-dealkylation sites (tertiary alicyclic amines) is 1. The summed E-state index contributed by atoms with van der Waals surface area (Å²) in [5.41, 5.74) is 4.73. The Morgan fingerprint density at radius 1 is 0.812 bits per heavy atom. The lowest BCUT2D eigenvalue weighted by atomic mass is 10.0. The van der Waals surface area contributed by atoms with Gasteiger partial charge in [0, 0.05) is 12.1 Å². The molecule has 0 aliphatic carbocycles. The minimum absolute atomic E-state index is 0.0373. The van der Waals surface area contributed by atoms with Gasteiger partial charge >= 0.3 is 0 Å². The number of hydrogen-bond acceptors (Lipinski definition) is 16. The number of allylic oxidation sites excluding steroid dienone is 15. The standard InChI is InChI=1S/C44H56Cl2N2O16/c1-23-19-26(46)30(61-23)18-14-10-9-12-16-25(45)15-11-7-5-4-6-8-13-17-28(49)33-35(53)27(20-32(47)51)48(41(33)57)42-39(36(54)29(50)21-59-42)64-43-38(56)37(55)31(22-60-43)63-44-40(58-3)34(52)24(2)62-44/h4-18,23-24,26-27,29-31,34,36-40,42-44,49-50,52,54-56H,19-22H2,1-3H3,(H2,47,51)/b5-4+,8-6+,10-9-,11-7+,16-12+,17-13+,18-14+,25-15-,33-28+/t23-,24-,26+,27+,29-,30+,31-,34-,36+,37-,38+,39-,40+,42-,43+,44+/m1/s1. The van der Waals surface area contributed by atoms with Gasteiger partial charge in [-0.2, -0.15) is 0 Å². The van der Waals surface area contributed by atoms with E-state index < -0.39 is 128 Å². The highest BCUT2D eigenvalue weighted by molar-refractivity contribution is 6.31. The summed E-state index contributed by atoms with van der Waals surface area (Å²) in [6.07, 6.45) is 8.07. The topological polar surface area (TPSA) is 266 Å². The summed E-state index contributed by atoms with van der Waals surface area (Å²) in [4.78, 5) is 40.5. The van der Waals surface area contributed by atoms with Gasteiger partial charge < -0.3 is 69.5 Å². The Bertz CT molecular complexity index is 1920. The van der Waals surface area contributed by atoms with E-state index in [1.54, 1.807) is 55.5 Å². The van der Waals surface area contributed by atoms with Crippen LogP contribution in [0.1, 0.15) is 26.7 Å². The Morgan fingerprint density at radius 3 is 2.12 bits per heavy atom. The molecule has 16 atom stereocenters. The number of methoxy groups -OCH3 is 1. The van der Waals surface area contributed by atoms with E-state index >= 15 is 0 Å². The van der Waals surface area contributed by atoms with E-state index in [4.69, 9.17) is 62.1 Å². The molecule has 20 heteroatoms. The Morgan fingerprint density at radius 2 is 1.47 bits per heavy atom. The van der Waals surface area contributed by atoms with Crippen LogP contribution in [0.5, 0.6) is 0 Å². The molecule has 0 bridgehead atoms. The van der Waals surface area contributed by atoms with E-state index in [1.807, 2.05) is 31.2 Å². The first-order valence-electron chi connectivity index (χ1n) is 20.6. The first-order chi connectivity index (χ1) is 30.5. The number of ether oxygens (including phenoxy) is 7. The summed E-state index contributed by atoms with van der Waals surface area (Å²) in [7, 11) is 1.34. The average molecular weight is 940 g/mol. The van der Waals surface area contributed by atoms with Crippen LogP contribution in [-0.2, 0) is 47.5 Å². The van der Waals surface area contributed by atoms with Crippen molar-refractivity contribution in [1.29, 1.82) is 0 Å². The van der Waals surface area contributed by atoms with E-state index in [2.05, 4.69) is 0 Å². The maximum atomic E-state index is 13.9. The van der Waals surface area contributed by atoms with E-state index in [9.17, 15) is 45.0 Å². The second-order valence-electron chi connectivity index (χ2n) is 15.5. The van der Waals surface area contributed by atoms with Crippen molar-refractivity contribution in [2.45, 2.75) is 124 Å². The van der Waals surface area contributed by atoms with Crippen molar-refractivity contribution in [3.8, 4) is 0 Å². The molecule has 0 spiro atoms. The van der Waals surface area contributed by atoms with Crippen LogP contribution in [0.4, 0.5) is 0 Å². The minimum atomic E-state index is -1.86. The molecule has 8 N–H and O–H groups in total. The Labute approximate surface area is 380 Å². The number of rotatable bonds is 17. The number of carbonyl (C=O) groups excluding carboxylic acids is 3. The lowest BCUT2D eigenvalue weighted by molar-refractivity contribution is -0.338. The zero-order valence-electron chi connectivity index (χ0n) is 35.3. The number of hydrogen-bond donors (Lipinski definition) is 7. The highest BCUT2D eigenvalue weighted by Gasteiger charge is 2.56. The van der Waals surface area contributed by atoms with Gasteiger partial charge in [-0.3, -0.25) is 19.3 Å². The van der Waals surface area contributed by atoms with Crippen molar-refractivity contribution in [2.24, 2.45) is 5.73 Å². The molecule has 5 fully saturated rings. The largest absolute Gasteiger partial charge is 0.507 e. The summed E-state index contributed by atoms with van der Waals surface area (Å²) in [5, 5.41) is 65.3. The zero-order valence-corrected chi connectivity index (χ0v) is 36.8.